The predicted molar refractivity (Wildman–Crippen MR) is 113 cm³/mol. The van der Waals surface area contributed by atoms with Crippen LogP contribution in [0.2, 0.25) is 0 Å². The third-order valence-corrected chi connectivity index (χ3v) is 5.59. The standard InChI is InChI=1S/C22H30N4O5/c1-21(2,3)31-20(30)26-12-8-11-22(26)18(28)24-14-25(19(22)29)16(17(27)23-4)13-15-9-6-5-7-10-15/h5-7,9-10,16H,8,11-14H2,1-4H3,(H,23,27)(H,24,28)/t16?,22-/m0/s1. The average molecular weight is 431 g/mol. The van der Waals surface area contributed by atoms with Crippen LogP contribution in [0.15, 0.2) is 30.3 Å². The van der Waals surface area contributed by atoms with Crippen molar-refractivity contribution in [3.8, 4) is 0 Å². The first-order valence-corrected chi connectivity index (χ1v) is 10.5. The van der Waals surface area contributed by atoms with Crippen LogP contribution in [0.25, 0.3) is 0 Å². The summed E-state index contributed by atoms with van der Waals surface area (Å²) in [5.41, 5.74) is -1.60. The smallest absolute Gasteiger partial charge is 0.411 e. The van der Waals surface area contributed by atoms with Crippen LogP contribution in [0, 0.1) is 0 Å². The Kier molecular flexibility index (Phi) is 6.24. The van der Waals surface area contributed by atoms with Gasteiger partial charge in [0.05, 0.1) is 6.67 Å². The zero-order valence-corrected chi connectivity index (χ0v) is 18.4. The van der Waals surface area contributed by atoms with E-state index in [0.29, 0.717) is 6.42 Å². The van der Waals surface area contributed by atoms with E-state index < -0.39 is 35.1 Å². The second kappa shape index (κ2) is 8.56. The third kappa shape index (κ3) is 4.35. The summed E-state index contributed by atoms with van der Waals surface area (Å²) < 4.78 is 5.46. The highest BCUT2D eigenvalue weighted by Crippen LogP contribution is 2.35. The molecule has 2 atom stereocenters. The number of likely N-dealkylation sites (tertiary alicyclic amines) is 1. The van der Waals surface area contributed by atoms with E-state index in [0.717, 1.165) is 5.56 Å². The van der Waals surface area contributed by atoms with Crippen molar-refractivity contribution in [2.24, 2.45) is 0 Å². The van der Waals surface area contributed by atoms with Crippen molar-refractivity contribution >= 4 is 23.8 Å². The Morgan fingerprint density at radius 2 is 1.90 bits per heavy atom. The summed E-state index contributed by atoms with van der Waals surface area (Å²) in [5.74, 6) is -1.43. The van der Waals surface area contributed by atoms with Gasteiger partial charge in [-0.05, 0) is 39.2 Å². The van der Waals surface area contributed by atoms with E-state index in [4.69, 9.17) is 4.74 Å². The van der Waals surface area contributed by atoms with Gasteiger partial charge in [0.1, 0.15) is 11.6 Å². The van der Waals surface area contributed by atoms with E-state index >= 15 is 0 Å². The average Bonchev–Trinajstić information content (AvgIpc) is 3.16. The van der Waals surface area contributed by atoms with Gasteiger partial charge in [0.15, 0.2) is 0 Å². The number of likely N-dealkylation sites (N-methyl/N-ethyl adjacent to an activating group) is 1. The lowest BCUT2D eigenvalue weighted by Gasteiger charge is -2.45. The molecule has 1 aromatic carbocycles. The summed E-state index contributed by atoms with van der Waals surface area (Å²) in [5, 5.41) is 5.33. The maximum Gasteiger partial charge on any atom is 0.411 e. The highest BCUT2D eigenvalue weighted by Gasteiger charge is 2.61. The minimum atomic E-state index is -1.70. The van der Waals surface area contributed by atoms with Crippen LogP contribution in [0.4, 0.5) is 4.79 Å². The summed E-state index contributed by atoms with van der Waals surface area (Å²) in [6.07, 6.45) is 0.231. The molecule has 0 aliphatic carbocycles. The van der Waals surface area contributed by atoms with Crippen LogP contribution >= 0.6 is 0 Å². The summed E-state index contributed by atoms with van der Waals surface area (Å²) in [6, 6.07) is 8.51. The number of benzene rings is 1. The lowest BCUT2D eigenvalue weighted by atomic mass is 9.89. The molecule has 0 bridgehead atoms. The van der Waals surface area contributed by atoms with Gasteiger partial charge < -0.3 is 20.3 Å². The molecule has 1 spiro atoms. The van der Waals surface area contributed by atoms with Crippen molar-refractivity contribution in [2.45, 2.75) is 57.2 Å². The van der Waals surface area contributed by atoms with Crippen molar-refractivity contribution in [3.63, 3.8) is 0 Å². The number of ether oxygens (including phenoxy) is 1. The molecule has 1 aromatic rings. The second-order valence-electron chi connectivity index (χ2n) is 8.85. The quantitative estimate of drug-likeness (QED) is 0.694. The van der Waals surface area contributed by atoms with E-state index in [9.17, 15) is 19.2 Å². The summed E-state index contributed by atoms with van der Waals surface area (Å²) >= 11 is 0. The molecule has 168 valence electrons. The van der Waals surface area contributed by atoms with E-state index in [1.54, 1.807) is 20.8 Å². The fourth-order valence-electron chi connectivity index (χ4n) is 4.15. The first-order valence-electron chi connectivity index (χ1n) is 10.5. The Hall–Kier alpha value is -3.10. The Balaban J connectivity index is 1.94. The Labute approximate surface area is 182 Å². The third-order valence-electron chi connectivity index (χ3n) is 5.59. The summed E-state index contributed by atoms with van der Waals surface area (Å²) in [6.45, 7) is 5.30. The molecule has 2 heterocycles. The molecule has 9 nitrogen and oxygen atoms in total. The molecule has 3 rings (SSSR count). The van der Waals surface area contributed by atoms with E-state index in [1.807, 2.05) is 30.3 Å². The molecule has 9 heteroatoms. The zero-order valence-electron chi connectivity index (χ0n) is 18.4. The van der Waals surface area contributed by atoms with Crippen LogP contribution in [0.5, 0.6) is 0 Å². The highest BCUT2D eigenvalue weighted by atomic mass is 16.6. The first kappa shape index (κ1) is 22.6. The van der Waals surface area contributed by atoms with Gasteiger partial charge in [-0.15, -0.1) is 0 Å². The first-order chi connectivity index (χ1) is 14.6. The van der Waals surface area contributed by atoms with Gasteiger partial charge in [-0.1, -0.05) is 30.3 Å². The van der Waals surface area contributed by atoms with Gasteiger partial charge in [-0.25, -0.2) is 4.79 Å². The van der Waals surface area contributed by atoms with E-state index in [1.165, 1.54) is 16.8 Å². The molecule has 1 unspecified atom stereocenters. The normalized spacial score (nSPS) is 22.3. The maximum atomic E-state index is 13.7. The van der Waals surface area contributed by atoms with Gasteiger partial charge >= 0.3 is 6.09 Å². The van der Waals surface area contributed by atoms with Crippen molar-refractivity contribution in [3.05, 3.63) is 35.9 Å². The number of amides is 4. The summed E-state index contributed by atoms with van der Waals surface area (Å²) in [4.78, 5) is 54.8. The molecular weight excluding hydrogens is 400 g/mol. The minimum absolute atomic E-state index is 0.105. The molecule has 4 amide bonds. The number of carbonyl (C=O) groups is 4. The van der Waals surface area contributed by atoms with E-state index in [2.05, 4.69) is 10.6 Å². The molecule has 2 aliphatic heterocycles. The molecule has 2 saturated heterocycles. The molecule has 0 saturated carbocycles. The summed E-state index contributed by atoms with van der Waals surface area (Å²) in [7, 11) is 1.51. The Morgan fingerprint density at radius 1 is 1.23 bits per heavy atom. The van der Waals surface area contributed by atoms with Gasteiger partial charge in [0.2, 0.25) is 11.4 Å². The number of hydrogen-bond donors (Lipinski definition) is 2. The highest BCUT2D eigenvalue weighted by molar-refractivity contribution is 6.14. The van der Waals surface area contributed by atoms with Crippen LogP contribution in [-0.2, 0) is 25.5 Å². The van der Waals surface area contributed by atoms with Gasteiger partial charge in [0, 0.05) is 20.0 Å². The lowest BCUT2D eigenvalue weighted by molar-refractivity contribution is -0.162. The van der Waals surface area contributed by atoms with Gasteiger partial charge in [0.25, 0.3) is 11.8 Å². The SMILES string of the molecule is CNC(=O)C(Cc1ccccc1)N1CNC(=O)[C@@]2(CCCN2C(=O)OC(C)(C)C)C1=O. The lowest BCUT2D eigenvalue weighted by Crippen LogP contribution is -2.73. The maximum absolute atomic E-state index is 13.7. The van der Waals surface area contributed by atoms with Crippen LogP contribution < -0.4 is 10.6 Å². The molecule has 2 fully saturated rings. The van der Waals surface area contributed by atoms with Gasteiger partial charge in [-0.3, -0.25) is 19.3 Å². The van der Waals surface area contributed by atoms with Crippen LogP contribution in [0.1, 0.15) is 39.2 Å². The molecule has 31 heavy (non-hydrogen) atoms. The number of nitrogens with zero attached hydrogens (tertiary/aromatic N) is 2. The monoisotopic (exact) mass is 430 g/mol. The number of nitrogens with one attached hydrogen (secondary N) is 2. The van der Waals surface area contributed by atoms with Crippen molar-refractivity contribution in [1.29, 1.82) is 0 Å². The van der Waals surface area contributed by atoms with Crippen LogP contribution in [-0.4, -0.2) is 71.1 Å². The molecular formula is C22H30N4O5. The molecule has 0 aromatic heterocycles. The molecule has 2 N–H and O–H groups in total. The fraction of sp³-hybridized carbons (Fsp3) is 0.545. The zero-order chi connectivity index (χ0) is 22.8. The topological polar surface area (TPSA) is 108 Å². The van der Waals surface area contributed by atoms with Crippen molar-refractivity contribution in [2.75, 3.05) is 20.3 Å². The number of rotatable bonds is 4. The van der Waals surface area contributed by atoms with Crippen molar-refractivity contribution < 1.29 is 23.9 Å². The fourth-order valence-corrected chi connectivity index (χ4v) is 4.15. The number of hydrogen-bond acceptors (Lipinski definition) is 5. The van der Waals surface area contributed by atoms with Crippen LogP contribution in [0.3, 0.4) is 0 Å². The molecule has 0 radical (unpaired) electrons. The predicted octanol–water partition coefficient (Wildman–Crippen LogP) is 1.03. The van der Waals surface area contributed by atoms with Gasteiger partial charge in [-0.2, -0.15) is 0 Å². The van der Waals surface area contributed by atoms with Crippen molar-refractivity contribution in [1.82, 2.24) is 20.4 Å². The Morgan fingerprint density at radius 3 is 2.52 bits per heavy atom. The molecule has 2 aliphatic rings. The second-order valence-corrected chi connectivity index (χ2v) is 8.85. The number of carbonyl (C=O) groups excluding carboxylic acids is 4. The van der Waals surface area contributed by atoms with E-state index in [-0.39, 0.29) is 32.0 Å². The largest absolute Gasteiger partial charge is 0.444 e. The minimum Gasteiger partial charge on any atom is -0.444 e. The Bertz CT molecular complexity index is 866.